The smallest absolute Gasteiger partial charge is 0.119 e. The first-order valence-corrected chi connectivity index (χ1v) is 9.06. The third-order valence-electron chi connectivity index (χ3n) is 4.86. The average Bonchev–Trinajstić information content (AvgIpc) is 3.11. The predicted molar refractivity (Wildman–Crippen MR) is 104 cm³/mol. The Labute approximate surface area is 148 Å². The molecule has 0 saturated carbocycles. The van der Waals surface area contributed by atoms with Crippen LogP contribution in [0.3, 0.4) is 0 Å². The van der Waals surface area contributed by atoms with Crippen LogP contribution in [0.2, 0.25) is 0 Å². The molecular formula is C22H24N2O. The second kappa shape index (κ2) is 7.58. The Morgan fingerprint density at radius 3 is 2.68 bits per heavy atom. The molecular weight excluding hydrogens is 308 g/mol. The van der Waals surface area contributed by atoms with E-state index in [0.29, 0.717) is 0 Å². The molecule has 4 rings (SSSR count). The number of H-pyrrole nitrogens is 1. The second-order valence-electron chi connectivity index (χ2n) is 6.54. The number of hydrogen-bond acceptors (Lipinski definition) is 2. The highest BCUT2D eigenvalue weighted by Gasteiger charge is 2.15. The molecule has 0 aliphatic carbocycles. The summed E-state index contributed by atoms with van der Waals surface area (Å²) in [7, 11) is 0. The van der Waals surface area contributed by atoms with Gasteiger partial charge in [-0.25, -0.2) is 0 Å². The van der Waals surface area contributed by atoms with Crippen LogP contribution in [0.25, 0.3) is 16.5 Å². The lowest BCUT2D eigenvalue weighted by atomic mass is 9.99. The van der Waals surface area contributed by atoms with Crippen LogP contribution in [-0.4, -0.2) is 36.1 Å². The van der Waals surface area contributed by atoms with Crippen LogP contribution in [0.1, 0.15) is 18.4 Å². The number of nitrogens with one attached hydrogen (secondary N) is 1. The van der Waals surface area contributed by atoms with Gasteiger partial charge in [0.1, 0.15) is 5.75 Å². The van der Waals surface area contributed by atoms with E-state index in [1.165, 1.54) is 22.0 Å². The van der Waals surface area contributed by atoms with Crippen molar-refractivity contribution in [3.63, 3.8) is 0 Å². The van der Waals surface area contributed by atoms with Crippen molar-refractivity contribution in [2.45, 2.75) is 12.8 Å². The molecule has 0 atom stereocenters. The lowest BCUT2D eigenvalue weighted by molar-refractivity contribution is 0.248. The van der Waals surface area contributed by atoms with Gasteiger partial charge >= 0.3 is 0 Å². The maximum absolute atomic E-state index is 5.78. The van der Waals surface area contributed by atoms with Crippen LogP contribution < -0.4 is 4.74 Å². The molecule has 1 N–H and O–H groups in total. The van der Waals surface area contributed by atoms with Gasteiger partial charge in [0.05, 0.1) is 6.61 Å². The van der Waals surface area contributed by atoms with E-state index < -0.39 is 0 Å². The highest BCUT2D eigenvalue weighted by atomic mass is 16.5. The van der Waals surface area contributed by atoms with Gasteiger partial charge in [-0.15, -0.1) is 0 Å². The molecule has 0 amide bonds. The Morgan fingerprint density at radius 1 is 1.00 bits per heavy atom. The predicted octanol–water partition coefficient (Wildman–Crippen LogP) is 4.73. The third kappa shape index (κ3) is 3.77. The van der Waals surface area contributed by atoms with Crippen LogP contribution >= 0.6 is 0 Å². The molecule has 128 valence electrons. The standard InChI is InChI=1S/C22H24N2O/c1-2-7-19(8-3-1)25-16-6-13-24-14-11-18(12-15-24)21-17-23-22-10-5-4-9-20(21)22/h1-5,7-11,17,23H,6,12-16H2. The number of para-hydroxylation sites is 2. The van der Waals surface area contributed by atoms with Gasteiger partial charge < -0.3 is 9.72 Å². The quantitative estimate of drug-likeness (QED) is 0.661. The summed E-state index contributed by atoms with van der Waals surface area (Å²) >= 11 is 0. The third-order valence-corrected chi connectivity index (χ3v) is 4.86. The zero-order valence-corrected chi connectivity index (χ0v) is 14.4. The fourth-order valence-corrected chi connectivity index (χ4v) is 3.49. The maximum atomic E-state index is 5.78. The molecule has 25 heavy (non-hydrogen) atoms. The summed E-state index contributed by atoms with van der Waals surface area (Å²) in [5.41, 5.74) is 4.05. The van der Waals surface area contributed by atoms with Crippen molar-refractivity contribution in [1.29, 1.82) is 0 Å². The molecule has 2 aromatic carbocycles. The number of aromatic amines is 1. The summed E-state index contributed by atoms with van der Waals surface area (Å²) in [6.07, 6.45) is 6.71. The van der Waals surface area contributed by atoms with E-state index in [1.54, 1.807) is 0 Å². The van der Waals surface area contributed by atoms with Gasteiger partial charge in [0.25, 0.3) is 0 Å². The van der Waals surface area contributed by atoms with E-state index in [0.717, 1.165) is 44.8 Å². The molecule has 0 fully saturated rings. The number of benzene rings is 2. The zero-order chi connectivity index (χ0) is 16.9. The highest BCUT2D eigenvalue weighted by Crippen LogP contribution is 2.29. The summed E-state index contributed by atoms with van der Waals surface area (Å²) in [5.74, 6) is 0.961. The van der Waals surface area contributed by atoms with E-state index >= 15 is 0 Å². The van der Waals surface area contributed by atoms with Crippen molar-refractivity contribution in [3.05, 3.63) is 72.4 Å². The first-order valence-electron chi connectivity index (χ1n) is 9.06. The molecule has 0 spiro atoms. The van der Waals surface area contributed by atoms with E-state index in [2.05, 4.69) is 46.4 Å². The second-order valence-corrected chi connectivity index (χ2v) is 6.54. The largest absolute Gasteiger partial charge is 0.494 e. The zero-order valence-electron chi connectivity index (χ0n) is 14.4. The molecule has 0 saturated heterocycles. The summed E-state index contributed by atoms with van der Waals surface area (Å²) in [6.45, 7) is 4.01. The average molecular weight is 332 g/mol. The summed E-state index contributed by atoms with van der Waals surface area (Å²) in [4.78, 5) is 5.89. The van der Waals surface area contributed by atoms with Crippen LogP contribution in [0, 0.1) is 0 Å². The van der Waals surface area contributed by atoms with Crippen LogP contribution in [-0.2, 0) is 0 Å². The number of fused-ring (bicyclic) bond motifs is 1. The number of aromatic nitrogens is 1. The topological polar surface area (TPSA) is 28.3 Å². The molecule has 3 heteroatoms. The van der Waals surface area contributed by atoms with E-state index in [-0.39, 0.29) is 0 Å². The Balaban J connectivity index is 1.29. The monoisotopic (exact) mass is 332 g/mol. The van der Waals surface area contributed by atoms with Gasteiger partial charge in [0.2, 0.25) is 0 Å². The summed E-state index contributed by atoms with van der Waals surface area (Å²) in [6, 6.07) is 18.6. The number of nitrogens with zero attached hydrogens (tertiary/aromatic N) is 1. The van der Waals surface area contributed by atoms with Gasteiger partial charge in [0.15, 0.2) is 0 Å². The molecule has 2 heterocycles. The van der Waals surface area contributed by atoms with Gasteiger partial charge in [-0.1, -0.05) is 42.5 Å². The van der Waals surface area contributed by atoms with E-state index in [1.807, 2.05) is 30.3 Å². The minimum absolute atomic E-state index is 0.777. The number of hydrogen-bond donors (Lipinski definition) is 1. The van der Waals surface area contributed by atoms with Crippen molar-refractivity contribution >= 4 is 16.5 Å². The minimum atomic E-state index is 0.777. The SMILES string of the molecule is C1=C(c2c[nH]c3ccccc23)CCN(CCCOc2ccccc2)C1. The van der Waals surface area contributed by atoms with Crippen LogP contribution in [0.4, 0.5) is 0 Å². The number of rotatable bonds is 6. The van der Waals surface area contributed by atoms with Gasteiger partial charge in [-0.05, 0) is 36.6 Å². The van der Waals surface area contributed by atoms with Crippen LogP contribution in [0.5, 0.6) is 5.75 Å². The van der Waals surface area contributed by atoms with Crippen LogP contribution in [0.15, 0.2) is 66.9 Å². The van der Waals surface area contributed by atoms with Crippen molar-refractivity contribution < 1.29 is 4.74 Å². The van der Waals surface area contributed by atoms with E-state index in [4.69, 9.17) is 4.74 Å². The fourth-order valence-electron chi connectivity index (χ4n) is 3.49. The van der Waals surface area contributed by atoms with Crippen molar-refractivity contribution in [2.75, 3.05) is 26.2 Å². The molecule has 1 aliphatic rings. The molecule has 3 nitrogen and oxygen atoms in total. The molecule has 1 aliphatic heterocycles. The molecule has 1 aromatic heterocycles. The molecule has 0 bridgehead atoms. The Hall–Kier alpha value is -2.52. The van der Waals surface area contributed by atoms with Gasteiger partial charge in [0, 0.05) is 42.3 Å². The summed E-state index contributed by atoms with van der Waals surface area (Å²) in [5, 5.41) is 1.33. The normalized spacial score (nSPS) is 15.3. The van der Waals surface area contributed by atoms with Crippen molar-refractivity contribution in [3.8, 4) is 5.75 Å². The van der Waals surface area contributed by atoms with Gasteiger partial charge in [-0.3, -0.25) is 4.90 Å². The lowest BCUT2D eigenvalue weighted by Crippen LogP contribution is -2.30. The fraction of sp³-hybridized carbons (Fsp3) is 0.273. The Bertz CT molecular complexity index is 851. The molecule has 0 radical (unpaired) electrons. The van der Waals surface area contributed by atoms with Crippen molar-refractivity contribution in [1.82, 2.24) is 9.88 Å². The summed E-state index contributed by atoms with van der Waals surface area (Å²) < 4.78 is 5.78. The Kier molecular flexibility index (Phi) is 4.84. The highest BCUT2D eigenvalue weighted by molar-refractivity contribution is 5.92. The maximum Gasteiger partial charge on any atom is 0.119 e. The lowest BCUT2D eigenvalue weighted by Gasteiger charge is -2.26. The molecule has 3 aromatic rings. The van der Waals surface area contributed by atoms with Crippen molar-refractivity contribution in [2.24, 2.45) is 0 Å². The Morgan fingerprint density at radius 2 is 1.84 bits per heavy atom. The minimum Gasteiger partial charge on any atom is -0.494 e. The first kappa shape index (κ1) is 16.0. The molecule has 0 unspecified atom stereocenters. The number of ether oxygens (including phenoxy) is 1. The van der Waals surface area contributed by atoms with Gasteiger partial charge in [-0.2, -0.15) is 0 Å². The first-order chi connectivity index (χ1) is 12.4. The van der Waals surface area contributed by atoms with E-state index in [9.17, 15) is 0 Å².